The van der Waals surface area contributed by atoms with E-state index in [2.05, 4.69) is 15.2 Å². The van der Waals surface area contributed by atoms with Gasteiger partial charge < -0.3 is 10.1 Å². The lowest BCUT2D eigenvalue weighted by Gasteiger charge is -2.38. The van der Waals surface area contributed by atoms with Crippen LogP contribution in [-0.4, -0.2) is 47.1 Å². The number of thiazole rings is 1. The van der Waals surface area contributed by atoms with E-state index < -0.39 is 0 Å². The lowest BCUT2D eigenvalue weighted by molar-refractivity contribution is -0.126. The van der Waals surface area contributed by atoms with Gasteiger partial charge >= 0.3 is 0 Å². The predicted molar refractivity (Wildman–Crippen MR) is 81.3 cm³/mol. The Morgan fingerprint density at radius 1 is 1.40 bits per heavy atom. The maximum absolute atomic E-state index is 12.3. The highest BCUT2D eigenvalue weighted by Crippen LogP contribution is 2.22. The van der Waals surface area contributed by atoms with Crippen molar-refractivity contribution in [3.8, 4) is 0 Å². The van der Waals surface area contributed by atoms with Crippen LogP contribution in [0.1, 0.15) is 31.3 Å². The number of ether oxygens (including phenoxy) is 1. The molecule has 0 unspecified atom stereocenters. The first kappa shape index (κ1) is 15.4. The standard InChI is InChI=1S/C14H23N3O2S/c1-8-6-17(7-9(2)19-8)11(4)13(18)16-14-15-10(3)12(5)20-14/h8-9,11H,6-7H2,1-5H3,(H,15,16,18)/t8-,9-,11+/m1/s1. The third kappa shape index (κ3) is 3.56. The summed E-state index contributed by atoms with van der Waals surface area (Å²) >= 11 is 1.52. The van der Waals surface area contributed by atoms with Crippen molar-refractivity contribution < 1.29 is 9.53 Å². The van der Waals surface area contributed by atoms with E-state index in [1.165, 1.54) is 11.3 Å². The molecule has 0 spiro atoms. The van der Waals surface area contributed by atoms with Crippen LogP contribution in [0.2, 0.25) is 0 Å². The van der Waals surface area contributed by atoms with Crippen LogP contribution < -0.4 is 5.32 Å². The molecule has 1 N–H and O–H groups in total. The quantitative estimate of drug-likeness (QED) is 0.929. The molecular formula is C14H23N3O2S. The molecule has 0 bridgehead atoms. The molecule has 1 aliphatic rings. The van der Waals surface area contributed by atoms with Gasteiger partial charge in [0.15, 0.2) is 5.13 Å². The van der Waals surface area contributed by atoms with Gasteiger partial charge in [-0.25, -0.2) is 4.98 Å². The molecule has 0 saturated carbocycles. The topological polar surface area (TPSA) is 54.5 Å². The van der Waals surface area contributed by atoms with Crippen LogP contribution in [0.25, 0.3) is 0 Å². The summed E-state index contributed by atoms with van der Waals surface area (Å²) in [5, 5.41) is 3.60. The predicted octanol–water partition coefficient (Wildman–Crippen LogP) is 2.20. The Morgan fingerprint density at radius 3 is 2.50 bits per heavy atom. The summed E-state index contributed by atoms with van der Waals surface area (Å²) in [7, 11) is 0. The summed E-state index contributed by atoms with van der Waals surface area (Å²) in [6.07, 6.45) is 0.330. The van der Waals surface area contributed by atoms with E-state index >= 15 is 0 Å². The first-order valence-electron chi connectivity index (χ1n) is 7.01. The van der Waals surface area contributed by atoms with E-state index in [-0.39, 0.29) is 24.2 Å². The molecule has 1 saturated heterocycles. The van der Waals surface area contributed by atoms with Gasteiger partial charge in [0.05, 0.1) is 23.9 Å². The molecule has 0 radical (unpaired) electrons. The molecule has 6 heteroatoms. The highest BCUT2D eigenvalue weighted by atomic mass is 32.1. The maximum atomic E-state index is 12.3. The van der Waals surface area contributed by atoms with Gasteiger partial charge in [-0.1, -0.05) is 0 Å². The van der Waals surface area contributed by atoms with Crippen LogP contribution in [0, 0.1) is 13.8 Å². The Kier molecular flexibility index (Phi) is 4.78. The summed E-state index contributed by atoms with van der Waals surface area (Å²) in [6.45, 7) is 11.6. The Bertz CT molecular complexity index is 459. The molecule has 112 valence electrons. The molecule has 1 fully saturated rings. The van der Waals surface area contributed by atoms with Crippen LogP contribution in [0.4, 0.5) is 5.13 Å². The first-order valence-corrected chi connectivity index (χ1v) is 7.83. The number of hydrogen-bond donors (Lipinski definition) is 1. The number of nitrogens with one attached hydrogen (secondary N) is 1. The second kappa shape index (κ2) is 6.20. The highest BCUT2D eigenvalue weighted by Gasteiger charge is 2.29. The number of rotatable bonds is 3. The molecule has 1 aromatic heterocycles. The molecule has 0 aromatic carbocycles. The minimum absolute atomic E-state index is 0.0000463. The number of nitrogens with zero attached hydrogens (tertiary/aromatic N) is 2. The van der Waals surface area contributed by atoms with Gasteiger partial charge in [-0.15, -0.1) is 11.3 Å². The Hall–Kier alpha value is -0.980. The van der Waals surface area contributed by atoms with Gasteiger partial charge in [0.1, 0.15) is 0 Å². The van der Waals surface area contributed by atoms with E-state index in [4.69, 9.17) is 4.74 Å². The first-order chi connectivity index (χ1) is 9.36. The van der Waals surface area contributed by atoms with Crippen LogP contribution in [0.3, 0.4) is 0 Å². The van der Waals surface area contributed by atoms with Crippen molar-refractivity contribution in [2.24, 2.45) is 0 Å². The fourth-order valence-electron chi connectivity index (χ4n) is 2.44. The van der Waals surface area contributed by atoms with Crippen molar-refractivity contribution in [2.45, 2.75) is 52.9 Å². The number of amides is 1. The molecule has 5 nitrogen and oxygen atoms in total. The van der Waals surface area contributed by atoms with Crippen LogP contribution in [0.5, 0.6) is 0 Å². The number of morpholine rings is 1. The maximum Gasteiger partial charge on any atom is 0.243 e. The highest BCUT2D eigenvalue weighted by molar-refractivity contribution is 7.15. The van der Waals surface area contributed by atoms with Gasteiger partial charge in [-0.05, 0) is 34.6 Å². The second-order valence-corrected chi connectivity index (χ2v) is 6.74. The summed E-state index contributed by atoms with van der Waals surface area (Å²) in [6, 6.07) is -0.173. The zero-order chi connectivity index (χ0) is 14.9. The monoisotopic (exact) mass is 297 g/mol. The lowest BCUT2D eigenvalue weighted by atomic mass is 10.1. The minimum atomic E-state index is -0.173. The summed E-state index contributed by atoms with van der Waals surface area (Å²) in [4.78, 5) is 20.0. The number of carbonyl (C=O) groups excluding carboxylic acids is 1. The van der Waals surface area contributed by atoms with Gasteiger partial charge in [-0.2, -0.15) is 0 Å². The normalized spacial score (nSPS) is 25.4. The third-order valence-electron chi connectivity index (χ3n) is 3.63. The van der Waals surface area contributed by atoms with Crippen LogP contribution in [0.15, 0.2) is 0 Å². The summed E-state index contributed by atoms with van der Waals surface area (Å²) < 4.78 is 5.70. The van der Waals surface area contributed by atoms with Gasteiger partial charge in [-0.3, -0.25) is 9.69 Å². The number of aryl methyl sites for hydroxylation is 2. The SMILES string of the molecule is Cc1nc(NC(=O)[C@H](C)N2C[C@@H](C)O[C@H](C)C2)sc1C. The lowest BCUT2D eigenvalue weighted by Crippen LogP contribution is -2.52. The van der Waals surface area contributed by atoms with Crippen molar-refractivity contribution in [3.63, 3.8) is 0 Å². The summed E-state index contributed by atoms with van der Waals surface area (Å²) in [5.41, 5.74) is 0.978. The zero-order valence-corrected chi connectivity index (χ0v) is 13.6. The van der Waals surface area contributed by atoms with Crippen LogP contribution >= 0.6 is 11.3 Å². The molecule has 1 aliphatic heterocycles. The average Bonchev–Trinajstić information content (AvgIpc) is 2.66. The van der Waals surface area contributed by atoms with Crippen molar-refractivity contribution >= 4 is 22.4 Å². The minimum Gasteiger partial charge on any atom is -0.373 e. The average molecular weight is 297 g/mol. The fraction of sp³-hybridized carbons (Fsp3) is 0.714. The third-order valence-corrected chi connectivity index (χ3v) is 4.62. The number of hydrogen-bond acceptors (Lipinski definition) is 5. The Morgan fingerprint density at radius 2 is 2.00 bits per heavy atom. The van der Waals surface area contributed by atoms with Gasteiger partial charge in [0.25, 0.3) is 0 Å². The smallest absolute Gasteiger partial charge is 0.243 e. The van der Waals surface area contributed by atoms with Crippen molar-refractivity contribution in [1.29, 1.82) is 0 Å². The van der Waals surface area contributed by atoms with Crippen LogP contribution in [-0.2, 0) is 9.53 Å². The van der Waals surface area contributed by atoms with E-state index in [0.29, 0.717) is 5.13 Å². The van der Waals surface area contributed by atoms with Crippen molar-refractivity contribution in [2.75, 3.05) is 18.4 Å². The molecular weight excluding hydrogens is 274 g/mol. The van der Waals surface area contributed by atoms with E-state index in [0.717, 1.165) is 23.7 Å². The molecule has 1 amide bonds. The molecule has 1 aromatic rings. The molecule has 3 atom stereocenters. The number of carbonyl (C=O) groups is 1. The van der Waals surface area contributed by atoms with Crippen molar-refractivity contribution in [1.82, 2.24) is 9.88 Å². The van der Waals surface area contributed by atoms with Crippen molar-refractivity contribution in [3.05, 3.63) is 10.6 Å². The second-order valence-electron chi connectivity index (χ2n) is 5.54. The van der Waals surface area contributed by atoms with Gasteiger partial charge in [0, 0.05) is 18.0 Å². The molecule has 20 heavy (non-hydrogen) atoms. The fourth-order valence-corrected chi connectivity index (χ4v) is 3.25. The zero-order valence-electron chi connectivity index (χ0n) is 12.8. The number of aromatic nitrogens is 1. The largest absolute Gasteiger partial charge is 0.373 e. The molecule has 2 heterocycles. The molecule has 0 aliphatic carbocycles. The Labute approximate surface area is 124 Å². The Balaban J connectivity index is 1.97. The molecule has 2 rings (SSSR count). The van der Waals surface area contributed by atoms with E-state index in [9.17, 15) is 4.79 Å². The number of anilines is 1. The van der Waals surface area contributed by atoms with E-state index in [1.807, 2.05) is 34.6 Å². The summed E-state index contributed by atoms with van der Waals surface area (Å²) in [5.74, 6) is 0.0000463. The van der Waals surface area contributed by atoms with E-state index in [1.54, 1.807) is 0 Å². The van der Waals surface area contributed by atoms with Gasteiger partial charge in [0.2, 0.25) is 5.91 Å².